The van der Waals surface area contributed by atoms with Gasteiger partial charge in [0.1, 0.15) is 15.1 Å². The van der Waals surface area contributed by atoms with Crippen LogP contribution >= 0.6 is 0 Å². The van der Waals surface area contributed by atoms with Gasteiger partial charge in [-0.1, -0.05) is 72.0 Å². The molecule has 4 aromatic rings. The SMILES string of the molecule is Cc1cc2c(cc1-c1c3ccc([Si](C)(C)c4ccccc4)cc3cc[n+]1C)CCC2. The van der Waals surface area contributed by atoms with E-state index < -0.39 is 8.07 Å². The lowest BCUT2D eigenvalue weighted by atomic mass is 9.95. The summed E-state index contributed by atoms with van der Waals surface area (Å²) >= 11 is 0. The van der Waals surface area contributed by atoms with E-state index in [9.17, 15) is 0 Å². The van der Waals surface area contributed by atoms with E-state index >= 15 is 0 Å². The highest BCUT2D eigenvalue weighted by molar-refractivity contribution is 7.00. The summed E-state index contributed by atoms with van der Waals surface area (Å²) in [6.07, 6.45) is 5.98. The molecule has 2 heteroatoms. The van der Waals surface area contributed by atoms with E-state index in [0.717, 1.165) is 0 Å². The molecule has 1 aromatic heterocycles. The molecule has 0 N–H and O–H groups in total. The second kappa shape index (κ2) is 7.21. The Morgan fingerprint density at radius 2 is 1.53 bits per heavy atom. The summed E-state index contributed by atoms with van der Waals surface area (Å²) in [5.41, 5.74) is 7.21. The van der Waals surface area contributed by atoms with Crippen molar-refractivity contribution in [3.63, 3.8) is 0 Å². The number of fused-ring (bicyclic) bond motifs is 2. The lowest BCUT2D eigenvalue weighted by Crippen LogP contribution is -2.52. The van der Waals surface area contributed by atoms with E-state index in [0.29, 0.717) is 0 Å². The highest BCUT2D eigenvalue weighted by Crippen LogP contribution is 2.33. The summed E-state index contributed by atoms with van der Waals surface area (Å²) in [5.74, 6) is 0. The van der Waals surface area contributed by atoms with Crippen LogP contribution < -0.4 is 14.9 Å². The van der Waals surface area contributed by atoms with Crippen LogP contribution in [0.25, 0.3) is 22.0 Å². The molecule has 0 spiro atoms. The van der Waals surface area contributed by atoms with Gasteiger partial charge in [0.15, 0.2) is 6.20 Å². The molecule has 0 saturated carbocycles. The van der Waals surface area contributed by atoms with Gasteiger partial charge in [0, 0.05) is 11.6 Å². The quantitative estimate of drug-likeness (QED) is 0.333. The minimum absolute atomic E-state index is 1.22. The topological polar surface area (TPSA) is 3.88 Å². The molecule has 0 aliphatic heterocycles. The number of benzene rings is 3. The summed E-state index contributed by atoms with van der Waals surface area (Å²) in [6, 6.07) is 25.4. The predicted octanol–water partition coefficient (Wildman–Crippen LogP) is 4.95. The lowest BCUT2D eigenvalue weighted by Gasteiger charge is -2.24. The Balaban J connectivity index is 1.68. The molecule has 150 valence electrons. The highest BCUT2D eigenvalue weighted by atomic mass is 28.3. The Labute approximate surface area is 181 Å². The Kier molecular flexibility index (Phi) is 4.63. The number of nitrogens with zero attached hydrogens (tertiary/aromatic N) is 1. The normalized spacial score (nSPS) is 13.6. The first-order chi connectivity index (χ1) is 14.4. The minimum atomic E-state index is -1.71. The van der Waals surface area contributed by atoms with Crippen LogP contribution in [0.1, 0.15) is 23.1 Å². The third kappa shape index (κ3) is 3.11. The van der Waals surface area contributed by atoms with Crippen LogP contribution in [0.5, 0.6) is 0 Å². The number of rotatable bonds is 3. The number of hydrogen-bond donors (Lipinski definition) is 0. The van der Waals surface area contributed by atoms with E-state index in [1.54, 1.807) is 11.1 Å². The average Bonchev–Trinajstić information content (AvgIpc) is 3.21. The summed E-state index contributed by atoms with van der Waals surface area (Å²) in [4.78, 5) is 0. The van der Waals surface area contributed by atoms with Crippen LogP contribution in [-0.4, -0.2) is 8.07 Å². The minimum Gasteiger partial charge on any atom is -0.200 e. The van der Waals surface area contributed by atoms with Crippen molar-refractivity contribution in [2.24, 2.45) is 7.05 Å². The molecule has 3 aromatic carbocycles. The molecule has 0 radical (unpaired) electrons. The van der Waals surface area contributed by atoms with E-state index in [1.165, 1.54) is 57.2 Å². The van der Waals surface area contributed by atoms with Crippen molar-refractivity contribution in [2.75, 3.05) is 0 Å². The van der Waals surface area contributed by atoms with Crippen LogP contribution in [0.15, 0.2) is 72.9 Å². The summed E-state index contributed by atoms with van der Waals surface area (Å²) in [5, 5.41) is 5.67. The van der Waals surface area contributed by atoms with Crippen molar-refractivity contribution in [3.05, 3.63) is 89.6 Å². The van der Waals surface area contributed by atoms with Crippen molar-refractivity contribution in [2.45, 2.75) is 39.3 Å². The average molecular weight is 409 g/mol. The summed E-state index contributed by atoms with van der Waals surface area (Å²) in [6.45, 7) is 7.18. The number of aromatic nitrogens is 1. The number of hydrogen-bond acceptors (Lipinski definition) is 0. The molecule has 0 amide bonds. The van der Waals surface area contributed by atoms with Crippen molar-refractivity contribution in [1.29, 1.82) is 0 Å². The van der Waals surface area contributed by atoms with Gasteiger partial charge >= 0.3 is 0 Å². The molecular formula is C28H30NSi+. The fourth-order valence-corrected chi connectivity index (χ4v) is 7.50. The maximum absolute atomic E-state index is 2.46. The first-order valence-electron chi connectivity index (χ1n) is 11.1. The van der Waals surface area contributed by atoms with Gasteiger partial charge in [-0.25, -0.2) is 4.57 Å². The van der Waals surface area contributed by atoms with Crippen LogP contribution in [0.3, 0.4) is 0 Å². The number of aryl methyl sites for hydroxylation is 4. The van der Waals surface area contributed by atoms with Gasteiger partial charge in [-0.15, -0.1) is 0 Å². The van der Waals surface area contributed by atoms with Gasteiger partial charge < -0.3 is 0 Å². The van der Waals surface area contributed by atoms with Crippen LogP contribution in [0, 0.1) is 6.92 Å². The third-order valence-electron chi connectivity index (χ3n) is 7.05. The maximum atomic E-state index is 2.46. The van der Waals surface area contributed by atoms with Crippen molar-refractivity contribution in [3.8, 4) is 11.3 Å². The Morgan fingerprint density at radius 3 is 2.30 bits per heavy atom. The van der Waals surface area contributed by atoms with Gasteiger partial charge in [-0.2, -0.15) is 0 Å². The van der Waals surface area contributed by atoms with Gasteiger partial charge in [-0.3, -0.25) is 0 Å². The lowest BCUT2D eigenvalue weighted by molar-refractivity contribution is -0.659. The highest BCUT2D eigenvalue weighted by Gasteiger charge is 2.27. The van der Waals surface area contributed by atoms with Crippen LogP contribution in [0.4, 0.5) is 0 Å². The first kappa shape index (κ1) is 19.3. The van der Waals surface area contributed by atoms with Crippen molar-refractivity contribution < 1.29 is 4.57 Å². The Bertz CT molecular complexity index is 1250. The zero-order chi connectivity index (χ0) is 20.9. The van der Waals surface area contributed by atoms with E-state index in [4.69, 9.17) is 0 Å². The van der Waals surface area contributed by atoms with Crippen molar-refractivity contribution >= 4 is 29.2 Å². The number of pyridine rings is 1. The zero-order valence-electron chi connectivity index (χ0n) is 18.5. The fourth-order valence-electron chi connectivity index (χ4n) is 5.12. The molecule has 0 bridgehead atoms. The Hall–Kier alpha value is -2.71. The standard InChI is InChI=1S/C28H30NSi/c1-20-17-21-9-8-10-22(21)19-27(20)28-26-14-13-25(18-23(26)15-16-29(28)2)30(3,4)24-11-6-5-7-12-24/h5-7,11-19H,8-10H2,1-4H3/q+1. The molecular weight excluding hydrogens is 378 g/mol. The second-order valence-electron chi connectivity index (χ2n) is 9.36. The van der Waals surface area contributed by atoms with Gasteiger partial charge in [0.05, 0.1) is 5.39 Å². The smallest absolute Gasteiger partial charge is 0.200 e. The molecule has 1 heterocycles. The molecule has 0 fully saturated rings. The maximum Gasteiger partial charge on any atom is 0.220 e. The monoisotopic (exact) mass is 408 g/mol. The molecule has 5 rings (SSSR count). The van der Waals surface area contributed by atoms with Crippen LogP contribution in [0.2, 0.25) is 13.1 Å². The Morgan fingerprint density at radius 1 is 0.800 bits per heavy atom. The largest absolute Gasteiger partial charge is 0.220 e. The van der Waals surface area contributed by atoms with Gasteiger partial charge in [-0.05, 0) is 60.4 Å². The summed E-state index contributed by atoms with van der Waals surface area (Å²) < 4.78 is 2.30. The molecule has 1 aliphatic carbocycles. The van der Waals surface area contributed by atoms with Crippen LogP contribution in [-0.2, 0) is 19.9 Å². The van der Waals surface area contributed by atoms with Gasteiger partial charge in [0.2, 0.25) is 5.69 Å². The van der Waals surface area contributed by atoms with Gasteiger partial charge in [0.25, 0.3) is 0 Å². The molecule has 0 atom stereocenters. The molecule has 1 aliphatic rings. The fraction of sp³-hybridized carbons (Fsp3) is 0.250. The molecule has 0 saturated heterocycles. The second-order valence-corrected chi connectivity index (χ2v) is 13.8. The third-order valence-corrected chi connectivity index (χ3v) is 10.6. The first-order valence-corrected chi connectivity index (χ1v) is 14.1. The van der Waals surface area contributed by atoms with E-state index in [1.807, 2.05) is 0 Å². The summed E-state index contributed by atoms with van der Waals surface area (Å²) in [7, 11) is 0.464. The molecule has 0 unspecified atom stereocenters. The molecule has 30 heavy (non-hydrogen) atoms. The molecule has 1 nitrogen and oxygen atoms in total. The predicted molar refractivity (Wildman–Crippen MR) is 131 cm³/mol. The zero-order valence-corrected chi connectivity index (χ0v) is 19.5. The van der Waals surface area contributed by atoms with E-state index in [2.05, 4.69) is 105 Å². The van der Waals surface area contributed by atoms with E-state index in [-0.39, 0.29) is 0 Å². The van der Waals surface area contributed by atoms with Crippen molar-refractivity contribution in [1.82, 2.24) is 0 Å².